The van der Waals surface area contributed by atoms with Gasteiger partial charge in [-0.25, -0.2) is 9.97 Å². The fraction of sp³-hybridized carbons (Fsp3) is 0.240. The summed E-state index contributed by atoms with van der Waals surface area (Å²) in [6.45, 7) is 0. The highest BCUT2D eigenvalue weighted by Gasteiger charge is 2.39. The first kappa shape index (κ1) is 21.0. The molecule has 1 aliphatic carbocycles. The number of hydrogen-bond acceptors (Lipinski definition) is 6. The normalized spacial score (nSPS) is 20.6. The van der Waals surface area contributed by atoms with Gasteiger partial charge in [-0.3, -0.25) is 4.79 Å². The number of benzene rings is 2. The number of hydrogen-bond donors (Lipinski definition) is 3. The minimum Gasteiger partial charge on any atom is -0.480 e. The lowest BCUT2D eigenvalue weighted by molar-refractivity contribution is -0.144. The summed E-state index contributed by atoms with van der Waals surface area (Å²) in [5.41, 5.74) is 13.8. The standard InChI is InChI=1S/C25H25N5O3/c26-22-21-20(16-6-8-19(9-7-16)33-18-4-2-1-3-5-18)14-30(23(21)29-15-28-22)17-10-12-25(27,13-11-17)24(31)32/h1-9,14-15,17H,10-13,27H2,(H,31,32)(H2,26,28,29)/t17-,25+. The lowest BCUT2D eigenvalue weighted by atomic mass is 9.80. The number of nitrogens with two attached hydrogens (primary N) is 2. The monoisotopic (exact) mass is 443 g/mol. The number of carboxylic acid groups (broad SMARTS) is 1. The molecule has 0 spiro atoms. The number of ether oxygens (including phenoxy) is 1. The van der Waals surface area contributed by atoms with Gasteiger partial charge in [0.2, 0.25) is 0 Å². The SMILES string of the molecule is Nc1ncnc2c1c(-c1ccc(Oc3ccccc3)cc1)cn2[C@H]1CC[C@](N)(C(=O)O)CC1. The van der Waals surface area contributed by atoms with Crippen molar-refractivity contribution < 1.29 is 14.6 Å². The molecule has 1 aliphatic rings. The Morgan fingerprint density at radius 3 is 2.36 bits per heavy atom. The first-order valence-corrected chi connectivity index (χ1v) is 10.9. The zero-order chi connectivity index (χ0) is 23.0. The predicted molar refractivity (Wildman–Crippen MR) is 126 cm³/mol. The zero-order valence-corrected chi connectivity index (χ0v) is 18.0. The van der Waals surface area contributed by atoms with Crippen molar-refractivity contribution in [2.24, 2.45) is 5.73 Å². The highest BCUT2D eigenvalue weighted by atomic mass is 16.5. The number of carboxylic acids is 1. The second kappa shape index (κ2) is 8.22. The topological polar surface area (TPSA) is 129 Å². The van der Waals surface area contributed by atoms with E-state index in [0.29, 0.717) is 31.5 Å². The molecule has 0 amide bonds. The van der Waals surface area contributed by atoms with Crippen LogP contribution in [-0.2, 0) is 4.79 Å². The molecular formula is C25H25N5O3. The van der Waals surface area contributed by atoms with Crippen molar-refractivity contribution in [1.82, 2.24) is 14.5 Å². The first-order valence-electron chi connectivity index (χ1n) is 10.9. The summed E-state index contributed by atoms with van der Waals surface area (Å²) in [5.74, 6) is 0.976. The minimum atomic E-state index is -1.16. The van der Waals surface area contributed by atoms with Crippen LogP contribution in [0.3, 0.4) is 0 Å². The van der Waals surface area contributed by atoms with Crippen molar-refractivity contribution in [2.45, 2.75) is 37.3 Å². The number of anilines is 1. The maximum absolute atomic E-state index is 11.5. The van der Waals surface area contributed by atoms with E-state index in [9.17, 15) is 9.90 Å². The van der Waals surface area contributed by atoms with E-state index in [0.717, 1.165) is 33.7 Å². The summed E-state index contributed by atoms with van der Waals surface area (Å²) in [4.78, 5) is 20.2. The Bertz CT molecular complexity index is 1290. The predicted octanol–water partition coefficient (Wildman–Crippen LogP) is 4.37. The van der Waals surface area contributed by atoms with E-state index >= 15 is 0 Å². The average molecular weight is 444 g/mol. The molecular weight excluding hydrogens is 418 g/mol. The van der Waals surface area contributed by atoms with Gasteiger partial charge < -0.3 is 25.9 Å². The van der Waals surface area contributed by atoms with Crippen LogP contribution in [0.25, 0.3) is 22.2 Å². The number of nitrogen functional groups attached to an aromatic ring is 1. The number of aliphatic carboxylic acids is 1. The number of fused-ring (bicyclic) bond motifs is 1. The molecule has 0 unspecified atom stereocenters. The summed E-state index contributed by atoms with van der Waals surface area (Å²) in [6.07, 6.45) is 5.63. The molecule has 0 saturated heterocycles. The molecule has 1 saturated carbocycles. The third kappa shape index (κ3) is 3.89. The van der Waals surface area contributed by atoms with E-state index < -0.39 is 11.5 Å². The number of nitrogens with zero attached hydrogens (tertiary/aromatic N) is 3. The Labute approximate surface area is 190 Å². The first-order chi connectivity index (χ1) is 15.9. The maximum atomic E-state index is 11.5. The third-order valence-electron chi connectivity index (χ3n) is 6.45. The molecule has 0 bridgehead atoms. The third-order valence-corrected chi connectivity index (χ3v) is 6.45. The van der Waals surface area contributed by atoms with Crippen LogP contribution >= 0.6 is 0 Å². The van der Waals surface area contributed by atoms with Crippen LogP contribution in [0.4, 0.5) is 5.82 Å². The van der Waals surface area contributed by atoms with Crippen molar-refractivity contribution in [1.29, 1.82) is 0 Å². The molecule has 8 nitrogen and oxygen atoms in total. The van der Waals surface area contributed by atoms with Gasteiger partial charge in [0.1, 0.15) is 34.8 Å². The summed E-state index contributed by atoms with van der Waals surface area (Å²) < 4.78 is 8.00. The fourth-order valence-corrected chi connectivity index (χ4v) is 4.54. The van der Waals surface area contributed by atoms with Crippen LogP contribution in [0.5, 0.6) is 11.5 Å². The summed E-state index contributed by atoms with van der Waals surface area (Å²) in [5, 5.41) is 10.2. The summed E-state index contributed by atoms with van der Waals surface area (Å²) >= 11 is 0. The van der Waals surface area contributed by atoms with E-state index in [1.165, 1.54) is 6.33 Å². The molecule has 4 aromatic rings. The Balaban J connectivity index is 1.48. The van der Waals surface area contributed by atoms with Gasteiger partial charge in [0.05, 0.1) is 5.39 Å². The van der Waals surface area contributed by atoms with E-state index in [-0.39, 0.29) is 6.04 Å². The number of para-hydroxylation sites is 1. The van der Waals surface area contributed by atoms with Gasteiger partial charge >= 0.3 is 5.97 Å². The quantitative estimate of drug-likeness (QED) is 0.418. The van der Waals surface area contributed by atoms with E-state index in [4.69, 9.17) is 16.2 Å². The van der Waals surface area contributed by atoms with Gasteiger partial charge in [-0.15, -0.1) is 0 Å². The van der Waals surface area contributed by atoms with E-state index in [2.05, 4.69) is 14.5 Å². The fourth-order valence-electron chi connectivity index (χ4n) is 4.54. The molecule has 5 rings (SSSR count). The number of aromatic nitrogens is 3. The van der Waals surface area contributed by atoms with Crippen LogP contribution in [0.1, 0.15) is 31.7 Å². The molecule has 168 valence electrons. The molecule has 0 atom stereocenters. The maximum Gasteiger partial charge on any atom is 0.323 e. The minimum absolute atomic E-state index is 0.0901. The van der Waals surface area contributed by atoms with Crippen molar-refractivity contribution >= 4 is 22.8 Å². The van der Waals surface area contributed by atoms with Crippen LogP contribution < -0.4 is 16.2 Å². The molecule has 2 heterocycles. The highest BCUT2D eigenvalue weighted by Crippen LogP contribution is 2.40. The van der Waals surface area contributed by atoms with Gasteiger partial charge in [-0.05, 0) is 55.5 Å². The summed E-state index contributed by atoms with van der Waals surface area (Å²) in [7, 11) is 0. The Morgan fingerprint density at radius 1 is 1.03 bits per heavy atom. The molecule has 0 radical (unpaired) electrons. The van der Waals surface area contributed by atoms with Crippen LogP contribution in [0.2, 0.25) is 0 Å². The molecule has 33 heavy (non-hydrogen) atoms. The van der Waals surface area contributed by atoms with Gasteiger partial charge in [0.15, 0.2) is 0 Å². The molecule has 0 aliphatic heterocycles. The Morgan fingerprint density at radius 2 is 1.70 bits per heavy atom. The van der Waals surface area contributed by atoms with Crippen molar-refractivity contribution in [2.75, 3.05) is 5.73 Å². The van der Waals surface area contributed by atoms with E-state index in [1.54, 1.807) is 0 Å². The molecule has 2 aromatic heterocycles. The van der Waals surface area contributed by atoms with Crippen LogP contribution in [0, 0.1) is 0 Å². The molecule has 8 heteroatoms. The summed E-state index contributed by atoms with van der Waals surface area (Å²) in [6, 6.07) is 17.5. The molecule has 5 N–H and O–H groups in total. The van der Waals surface area contributed by atoms with Crippen molar-refractivity contribution in [3.63, 3.8) is 0 Å². The Hall–Kier alpha value is -3.91. The zero-order valence-electron chi connectivity index (χ0n) is 18.0. The van der Waals surface area contributed by atoms with Crippen molar-refractivity contribution in [3.8, 4) is 22.6 Å². The van der Waals surface area contributed by atoms with Crippen molar-refractivity contribution in [3.05, 3.63) is 67.1 Å². The van der Waals surface area contributed by atoms with Gasteiger partial charge in [-0.2, -0.15) is 0 Å². The Kier molecular flexibility index (Phi) is 5.22. The smallest absolute Gasteiger partial charge is 0.323 e. The highest BCUT2D eigenvalue weighted by molar-refractivity contribution is 6.00. The largest absolute Gasteiger partial charge is 0.480 e. The van der Waals surface area contributed by atoms with Gasteiger partial charge in [0.25, 0.3) is 0 Å². The molecule has 1 fully saturated rings. The van der Waals surface area contributed by atoms with Gasteiger partial charge in [-0.1, -0.05) is 30.3 Å². The second-order valence-electron chi connectivity index (χ2n) is 8.54. The van der Waals surface area contributed by atoms with Crippen LogP contribution in [0.15, 0.2) is 67.1 Å². The average Bonchev–Trinajstić information content (AvgIpc) is 3.22. The number of rotatable bonds is 5. The van der Waals surface area contributed by atoms with E-state index in [1.807, 2.05) is 60.8 Å². The lowest BCUT2D eigenvalue weighted by Gasteiger charge is -2.34. The lowest BCUT2D eigenvalue weighted by Crippen LogP contribution is -2.50. The van der Waals surface area contributed by atoms with Gasteiger partial charge in [0, 0.05) is 17.8 Å². The molecule has 2 aromatic carbocycles. The van der Waals surface area contributed by atoms with Crippen LogP contribution in [-0.4, -0.2) is 31.1 Å². The second-order valence-corrected chi connectivity index (χ2v) is 8.54. The number of carbonyl (C=O) groups is 1.